The standard InChI is InChI=1S/C49H29N3O/c1-2-15-30(16-3-1)47-50-48(52-49(51-47)41-27-14-26-39-36-22-12-13-28-44(36)53-46(39)41)40-25-11-8-21-35(40)42-29-43-33-19-5-4-17-31(33)32-18-6-9-23-37(32)45(43)38-24-10-7-20-34(38)42/h1-29H. The van der Waals surface area contributed by atoms with Crippen LogP contribution >= 0.6 is 0 Å². The SMILES string of the molecule is c1ccc(-c2nc(-c3ccccc3-c3cc4c5ccccc5c5ccccc5c4c4ccccc34)nc(-c3cccc4c3oc3ccccc34)n2)cc1. The minimum Gasteiger partial charge on any atom is -0.455 e. The Morgan fingerprint density at radius 3 is 1.55 bits per heavy atom. The van der Waals surface area contributed by atoms with Crippen molar-refractivity contribution in [3.63, 3.8) is 0 Å². The zero-order valence-corrected chi connectivity index (χ0v) is 28.5. The molecule has 0 aliphatic carbocycles. The average Bonchev–Trinajstić information content (AvgIpc) is 3.62. The monoisotopic (exact) mass is 675 g/mol. The molecule has 0 saturated heterocycles. The fraction of sp³-hybridized carbons (Fsp3) is 0. The maximum Gasteiger partial charge on any atom is 0.167 e. The van der Waals surface area contributed by atoms with E-state index in [-0.39, 0.29) is 0 Å². The quantitative estimate of drug-likeness (QED) is 0.174. The van der Waals surface area contributed by atoms with E-state index < -0.39 is 0 Å². The zero-order chi connectivity index (χ0) is 34.9. The molecule has 11 rings (SSSR count). The van der Waals surface area contributed by atoms with Gasteiger partial charge in [-0.2, -0.15) is 0 Å². The van der Waals surface area contributed by atoms with Gasteiger partial charge < -0.3 is 4.42 Å². The Kier molecular flexibility index (Phi) is 6.52. The first kappa shape index (κ1) is 29.5. The first-order valence-electron chi connectivity index (χ1n) is 17.9. The summed E-state index contributed by atoms with van der Waals surface area (Å²) in [6, 6.07) is 61.6. The van der Waals surface area contributed by atoms with Gasteiger partial charge in [-0.05, 0) is 72.4 Å². The third-order valence-corrected chi connectivity index (χ3v) is 10.5. The largest absolute Gasteiger partial charge is 0.455 e. The molecule has 0 unspecified atom stereocenters. The van der Waals surface area contributed by atoms with Crippen LogP contribution in [0.5, 0.6) is 0 Å². The van der Waals surface area contributed by atoms with Gasteiger partial charge in [0.05, 0.1) is 5.56 Å². The molecule has 2 aromatic heterocycles. The topological polar surface area (TPSA) is 51.8 Å². The van der Waals surface area contributed by atoms with Gasteiger partial charge in [0.15, 0.2) is 17.5 Å². The van der Waals surface area contributed by atoms with Gasteiger partial charge in [0, 0.05) is 21.9 Å². The molecule has 0 radical (unpaired) electrons. The lowest BCUT2D eigenvalue weighted by atomic mass is 9.86. The fourth-order valence-electron chi connectivity index (χ4n) is 8.16. The lowest BCUT2D eigenvalue weighted by molar-refractivity contribution is 0.669. The van der Waals surface area contributed by atoms with E-state index in [4.69, 9.17) is 19.4 Å². The summed E-state index contributed by atoms with van der Waals surface area (Å²) in [4.78, 5) is 15.5. The van der Waals surface area contributed by atoms with Gasteiger partial charge in [0.2, 0.25) is 0 Å². The summed E-state index contributed by atoms with van der Waals surface area (Å²) >= 11 is 0. The Balaban J connectivity index is 1.21. The highest BCUT2D eigenvalue weighted by molar-refractivity contribution is 6.33. The summed E-state index contributed by atoms with van der Waals surface area (Å²) in [5.41, 5.74) is 6.46. The van der Waals surface area contributed by atoms with Crippen LogP contribution in [0, 0.1) is 0 Å². The number of hydrogen-bond donors (Lipinski definition) is 0. The van der Waals surface area contributed by atoms with Crippen LogP contribution < -0.4 is 0 Å². The maximum absolute atomic E-state index is 6.48. The van der Waals surface area contributed by atoms with E-state index in [2.05, 4.69) is 121 Å². The average molecular weight is 676 g/mol. The molecule has 0 aliphatic heterocycles. The van der Waals surface area contributed by atoms with E-state index in [0.29, 0.717) is 17.5 Å². The minimum absolute atomic E-state index is 0.564. The molecule has 0 bridgehead atoms. The molecule has 4 heteroatoms. The van der Waals surface area contributed by atoms with E-state index in [0.717, 1.165) is 49.8 Å². The van der Waals surface area contributed by atoms with Crippen molar-refractivity contribution in [1.29, 1.82) is 0 Å². The van der Waals surface area contributed by atoms with E-state index in [1.54, 1.807) is 0 Å². The van der Waals surface area contributed by atoms with E-state index in [1.807, 2.05) is 54.6 Å². The van der Waals surface area contributed by atoms with Crippen LogP contribution in [0.15, 0.2) is 180 Å². The van der Waals surface area contributed by atoms with Gasteiger partial charge >= 0.3 is 0 Å². The Labute approximate surface area is 304 Å². The summed E-state index contributed by atoms with van der Waals surface area (Å²) < 4.78 is 6.48. The first-order valence-corrected chi connectivity index (χ1v) is 17.9. The van der Waals surface area contributed by atoms with Crippen molar-refractivity contribution in [2.75, 3.05) is 0 Å². The van der Waals surface area contributed by atoms with Gasteiger partial charge in [-0.3, -0.25) is 0 Å². The van der Waals surface area contributed by atoms with Gasteiger partial charge in [0.1, 0.15) is 11.2 Å². The summed E-state index contributed by atoms with van der Waals surface area (Å²) in [6.45, 7) is 0. The van der Waals surface area contributed by atoms with Crippen molar-refractivity contribution in [2.45, 2.75) is 0 Å². The molecule has 11 aromatic rings. The highest BCUT2D eigenvalue weighted by Gasteiger charge is 2.21. The number of para-hydroxylation sites is 2. The maximum atomic E-state index is 6.48. The smallest absolute Gasteiger partial charge is 0.167 e. The molecule has 9 aromatic carbocycles. The number of hydrogen-bond acceptors (Lipinski definition) is 4. The van der Waals surface area contributed by atoms with Gasteiger partial charge in [-0.25, -0.2) is 15.0 Å². The van der Waals surface area contributed by atoms with Crippen LogP contribution in [0.3, 0.4) is 0 Å². The Morgan fingerprint density at radius 1 is 0.302 bits per heavy atom. The summed E-state index contributed by atoms with van der Waals surface area (Å²) in [5, 5.41) is 12.0. The Hall–Kier alpha value is -7.17. The van der Waals surface area contributed by atoms with Crippen molar-refractivity contribution in [2.24, 2.45) is 0 Å². The lowest BCUT2D eigenvalue weighted by Gasteiger charge is -2.18. The van der Waals surface area contributed by atoms with Crippen LogP contribution in [0.4, 0.5) is 0 Å². The molecular weight excluding hydrogens is 647 g/mol. The molecule has 246 valence electrons. The van der Waals surface area contributed by atoms with Crippen molar-refractivity contribution in [1.82, 2.24) is 15.0 Å². The van der Waals surface area contributed by atoms with Crippen molar-refractivity contribution < 1.29 is 4.42 Å². The van der Waals surface area contributed by atoms with Gasteiger partial charge in [-0.15, -0.1) is 0 Å². The lowest BCUT2D eigenvalue weighted by Crippen LogP contribution is -2.01. The molecule has 4 nitrogen and oxygen atoms in total. The first-order chi connectivity index (χ1) is 26.3. The molecular formula is C49H29N3O. The number of rotatable bonds is 4. The van der Waals surface area contributed by atoms with E-state index in [9.17, 15) is 0 Å². The minimum atomic E-state index is 0.564. The Morgan fingerprint density at radius 2 is 0.792 bits per heavy atom. The molecule has 0 atom stereocenters. The number of aromatic nitrogens is 3. The van der Waals surface area contributed by atoms with Crippen molar-refractivity contribution in [3.8, 4) is 45.3 Å². The molecule has 0 aliphatic rings. The van der Waals surface area contributed by atoms with Crippen LogP contribution in [-0.2, 0) is 0 Å². The van der Waals surface area contributed by atoms with Gasteiger partial charge in [0.25, 0.3) is 0 Å². The van der Waals surface area contributed by atoms with E-state index >= 15 is 0 Å². The summed E-state index contributed by atoms with van der Waals surface area (Å²) in [6.07, 6.45) is 0. The van der Waals surface area contributed by atoms with Crippen LogP contribution in [0.1, 0.15) is 0 Å². The van der Waals surface area contributed by atoms with Gasteiger partial charge in [-0.1, -0.05) is 158 Å². The van der Waals surface area contributed by atoms with Crippen molar-refractivity contribution >= 4 is 65.0 Å². The predicted molar refractivity (Wildman–Crippen MR) is 219 cm³/mol. The normalized spacial score (nSPS) is 11.8. The number of furan rings is 1. The van der Waals surface area contributed by atoms with Crippen molar-refractivity contribution in [3.05, 3.63) is 176 Å². The highest BCUT2D eigenvalue weighted by Crippen LogP contribution is 2.45. The highest BCUT2D eigenvalue weighted by atomic mass is 16.3. The van der Waals surface area contributed by atoms with Crippen LogP contribution in [0.2, 0.25) is 0 Å². The molecule has 0 N–H and O–H groups in total. The third-order valence-electron chi connectivity index (χ3n) is 10.5. The second kappa shape index (κ2) is 11.7. The molecule has 0 spiro atoms. The third kappa shape index (κ3) is 4.59. The van der Waals surface area contributed by atoms with E-state index in [1.165, 1.54) is 43.1 Å². The molecule has 2 heterocycles. The number of nitrogens with zero attached hydrogens (tertiary/aromatic N) is 3. The second-order valence-corrected chi connectivity index (χ2v) is 13.5. The molecule has 0 fully saturated rings. The molecule has 0 amide bonds. The summed E-state index contributed by atoms with van der Waals surface area (Å²) in [7, 11) is 0. The predicted octanol–water partition coefficient (Wildman–Crippen LogP) is 13.1. The number of benzene rings is 9. The van der Waals surface area contributed by atoms with Crippen LogP contribution in [-0.4, -0.2) is 15.0 Å². The molecule has 0 saturated carbocycles. The number of fused-ring (bicyclic) bond motifs is 11. The van der Waals surface area contributed by atoms with Crippen LogP contribution in [0.25, 0.3) is 110 Å². The summed E-state index contributed by atoms with van der Waals surface area (Å²) in [5.74, 6) is 1.77. The second-order valence-electron chi connectivity index (χ2n) is 13.5. The Bertz CT molecular complexity index is 3240. The molecule has 53 heavy (non-hydrogen) atoms. The fourth-order valence-corrected chi connectivity index (χ4v) is 8.16. The zero-order valence-electron chi connectivity index (χ0n) is 28.5.